The molecular weight excluding hydrogens is 285 g/mol. The van der Waals surface area contributed by atoms with Crippen molar-refractivity contribution in [1.82, 2.24) is 5.32 Å². The first-order valence-electron chi connectivity index (χ1n) is 6.85. The highest BCUT2D eigenvalue weighted by Crippen LogP contribution is 2.26. The minimum Gasteiger partial charge on any atom is -0.496 e. The molecule has 2 rings (SSSR count). The van der Waals surface area contributed by atoms with Crippen molar-refractivity contribution in [2.45, 2.75) is 6.10 Å². The molecule has 0 saturated carbocycles. The van der Waals surface area contributed by atoms with Crippen LogP contribution in [0, 0.1) is 5.82 Å². The summed E-state index contributed by atoms with van der Waals surface area (Å²) in [4.78, 5) is 12.0. The van der Waals surface area contributed by atoms with Gasteiger partial charge in [-0.1, -0.05) is 24.3 Å². The fourth-order valence-electron chi connectivity index (χ4n) is 2.17. The lowest BCUT2D eigenvalue weighted by Crippen LogP contribution is -2.29. The number of nitrogens with one attached hydrogen (secondary N) is 1. The molecule has 0 aliphatic heterocycles. The van der Waals surface area contributed by atoms with Gasteiger partial charge >= 0.3 is 0 Å². The number of carbonyl (C=O) groups is 1. The van der Waals surface area contributed by atoms with E-state index in [9.17, 15) is 9.18 Å². The lowest BCUT2D eigenvalue weighted by molar-refractivity contribution is 0.0819. The summed E-state index contributed by atoms with van der Waals surface area (Å²) in [5.74, 6) is -0.105. The highest BCUT2D eigenvalue weighted by Gasteiger charge is 2.16. The van der Waals surface area contributed by atoms with E-state index in [0.29, 0.717) is 5.75 Å². The number of benzene rings is 2. The molecule has 0 aliphatic carbocycles. The van der Waals surface area contributed by atoms with Gasteiger partial charge in [0.25, 0.3) is 5.91 Å². The van der Waals surface area contributed by atoms with E-state index in [1.165, 1.54) is 18.2 Å². The van der Waals surface area contributed by atoms with Crippen LogP contribution >= 0.6 is 0 Å². The Balaban J connectivity index is 2.06. The number of halogens is 1. The average molecular weight is 303 g/mol. The van der Waals surface area contributed by atoms with Gasteiger partial charge in [-0.2, -0.15) is 0 Å². The Labute approximate surface area is 128 Å². The number of carbonyl (C=O) groups excluding carboxylic acids is 1. The number of hydrogen-bond acceptors (Lipinski definition) is 3. The lowest BCUT2D eigenvalue weighted by atomic mass is 10.1. The Hall–Kier alpha value is -2.40. The third-order valence-electron chi connectivity index (χ3n) is 3.31. The fourth-order valence-corrected chi connectivity index (χ4v) is 2.17. The largest absolute Gasteiger partial charge is 0.496 e. The minimum atomic E-state index is -0.444. The van der Waals surface area contributed by atoms with E-state index in [1.54, 1.807) is 20.3 Å². The van der Waals surface area contributed by atoms with Gasteiger partial charge in [-0.05, 0) is 24.3 Å². The van der Waals surface area contributed by atoms with E-state index < -0.39 is 5.82 Å². The first-order valence-corrected chi connectivity index (χ1v) is 6.85. The van der Waals surface area contributed by atoms with Crippen molar-refractivity contribution in [2.75, 3.05) is 20.8 Å². The van der Waals surface area contributed by atoms with Crippen LogP contribution in [0.2, 0.25) is 0 Å². The lowest BCUT2D eigenvalue weighted by Gasteiger charge is -2.19. The summed E-state index contributed by atoms with van der Waals surface area (Å²) in [5.41, 5.74) is 1.11. The van der Waals surface area contributed by atoms with Crippen LogP contribution in [0.3, 0.4) is 0 Å². The Bertz CT molecular complexity index is 645. The molecule has 0 saturated heterocycles. The number of para-hydroxylation sites is 1. The Morgan fingerprint density at radius 1 is 1.18 bits per heavy atom. The van der Waals surface area contributed by atoms with Crippen LogP contribution in [0.5, 0.6) is 5.75 Å². The summed E-state index contributed by atoms with van der Waals surface area (Å²) in [5, 5.41) is 2.74. The second kappa shape index (κ2) is 7.56. The van der Waals surface area contributed by atoms with Crippen LogP contribution in [0.25, 0.3) is 0 Å². The van der Waals surface area contributed by atoms with E-state index in [1.807, 2.05) is 24.3 Å². The summed E-state index contributed by atoms with van der Waals surface area (Å²) in [6.45, 7) is 0.256. The normalized spacial score (nSPS) is 11.8. The monoisotopic (exact) mass is 303 g/mol. The second-order valence-corrected chi connectivity index (χ2v) is 4.69. The predicted octanol–water partition coefficient (Wildman–Crippen LogP) is 2.95. The molecule has 0 aromatic heterocycles. The first-order chi connectivity index (χ1) is 10.7. The predicted molar refractivity (Wildman–Crippen MR) is 81.5 cm³/mol. The molecule has 0 radical (unpaired) electrons. The molecule has 0 fully saturated rings. The van der Waals surface area contributed by atoms with Crippen LogP contribution in [-0.2, 0) is 4.74 Å². The molecule has 2 aromatic carbocycles. The Morgan fingerprint density at radius 3 is 2.64 bits per heavy atom. The van der Waals surface area contributed by atoms with Gasteiger partial charge < -0.3 is 14.8 Å². The van der Waals surface area contributed by atoms with Crippen LogP contribution in [0.4, 0.5) is 4.39 Å². The van der Waals surface area contributed by atoms with Gasteiger partial charge in [0.2, 0.25) is 0 Å². The topological polar surface area (TPSA) is 47.6 Å². The van der Waals surface area contributed by atoms with Gasteiger partial charge in [-0.15, -0.1) is 0 Å². The molecule has 1 N–H and O–H groups in total. The van der Waals surface area contributed by atoms with Crippen molar-refractivity contribution >= 4 is 5.91 Å². The zero-order valence-corrected chi connectivity index (χ0v) is 12.5. The zero-order valence-electron chi connectivity index (χ0n) is 12.5. The molecule has 0 spiro atoms. The summed E-state index contributed by atoms with van der Waals surface area (Å²) in [7, 11) is 3.14. The maximum atomic E-state index is 13.1. The van der Waals surface area contributed by atoms with E-state index >= 15 is 0 Å². The van der Waals surface area contributed by atoms with Crippen molar-refractivity contribution < 1.29 is 18.7 Å². The van der Waals surface area contributed by atoms with Crippen molar-refractivity contribution in [2.24, 2.45) is 0 Å². The van der Waals surface area contributed by atoms with Gasteiger partial charge in [-0.25, -0.2) is 4.39 Å². The maximum Gasteiger partial charge on any atom is 0.251 e. The summed E-state index contributed by atoms with van der Waals surface area (Å²) < 4.78 is 23.8. The molecule has 22 heavy (non-hydrogen) atoms. The van der Waals surface area contributed by atoms with Crippen LogP contribution in [-0.4, -0.2) is 26.7 Å². The molecule has 5 heteroatoms. The molecule has 2 aromatic rings. The first kappa shape index (κ1) is 16.0. The molecule has 0 heterocycles. The molecule has 1 unspecified atom stereocenters. The minimum absolute atomic E-state index is 0.256. The summed E-state index contributed by atoms with van der Waals surface area (Å²) in [6.07, 6.45) is -0.353. The quantitative estimate of drug-likeness (QED) is 0.892. The van der Waals surface area contributed by atoms with Gasteiger partial charge in [-0.3, -0.25) is 4.79 Å². The van der Waals surface area contributed by atoms with E-state index in [4.69, 9.17) is 9.47 Å². The molecule has 1 atom stereocenters. The van der Waals surface area contributed by atoms with E-state index in [-0.39, 0.29) is 24.1 Å². The number of methoxy groups -OCH3 is 2. The third-order valence-corrected chi connectivity index (χ3v) is 3.31. The van der Waals surface area contributed by atoms with Gasteiger partial charge in [0, 0.05) is 24.8 Å². The summed E-state index contributed by atoms with van der Waals surface area (Å²) >= 11 is 0. The van der Waals surface area contributed by atoms with Crippen LogP contribution < -0.4 is 10.1 Å². The van der Waals surface area contributed by atoms with Gasteiger partial charge in [0.05, 0.1) is 7.11 Å². The highest BCUT2D eigenvalue weighted by molar-refractivity contribution is 5.94. The Morgan fingerprint density at radius 2 is 1.95 bits per heavy atom. The third kappa shape index (κ3) is 3.83. The number of hydrogen-bond donors (Lipinski definition) is 1. The smallest absolute Gasteiger partial charge is 0.251 e. The average Bonchev–Trinajstić information content (AvgIpc) is 2.55. The van der Waals surface area contributed by atoms with Crippen LogP contribution in [0.1, 0.15) is 22.0 Å². The molecule has 1 amide bonds. The van der Waals surface area contributed by atoms with Crippen molar-refractivity contribution in [3.05, 3.63) is 65.5 Å². The molecular formula is C17H18FNO3. The van der Waals surface area contributed by atoms with E-state index in [0.717, 1.165) is 5.56 Å². The molecule has 0 aliphatic rings. The maximum absolute atomic E-state index is 13.1. The molecule has 0 bridgehead atoms. The van der Waals surface area contributed by atoms with Crippen molar-refractivity contribution in [3.63, 3.8) is 0 Å². The number of amides is 1. The zero-order chi connectivity index (χ0) is 15.9. The van der Waals surface area contributed by atoms with Gasteiger partial charge in [0.1, 0.15) is 17.7 Å². The van der Waals surface area contributed by atoms with Gasteiger partial charge in [0.15, 0.2) is 0 Å². The second-order valence-electron chi connectivity index (χ2n) is 4.69. The Kier molecular flexibility index (Phi) is 5.49. The fraction of sp³-hybridized carbons (Fsp3) is 0.235. The molecule has 4 nitrogen and oxygen atoms in total. The van der Waals surface area contributed by atoms with Crippen molar-refractivity contribution in [1.29, 1.82) is 0 Å². The number of rotatable bonds is 6. The SMILES string of the molecule is COc1ccccc1C(CNC(=O)c1cccc(F)c1)OC. The highest BCUT2D eigenvalue weighted by atomic mass is 19.1. The standard InChI is InChI=1S/C17H18FNO3/c1-21-15-9-4-3-8-14(15)16(22-2)11-19-17(20)12-6-5-7-13(18)10-12/h3-10,16H,11H2,1-2H3,(H,19,20). The van der Waals surface area contributed by atoms with E-state index in [2.05, 4.69) is 5.32 Å². The number of ether oxygens (including phenoxy) is 2. The van der Waals surface area contributed by atoms with Crippen LogP contribution in [0.15, 0.2) is 48.5 Å². The molecule has 116 valence electrons. The van der Waals surface area contributed by atoms with Crippen molar-refractivity contribution in [3.8, 4) is 5.75 Å². The summed E-state index contributed by atoms with van der Waals surface area (Å²) in [6, 6.07) is 13.0.